The van der Waals surface area contributed by atoms with Gasteiger partial charge in [0.1, 0.15) is 6.61 Å². The highest BCUT2D eigenvalue weighted by Crippen LogP contribution is 2.23. The van der Waals surface area contributed by atoms with Crippen LogP contribution in [0.5, 0.6) is 5.75 Å². The standard InChI is InChI=1S/C16H15ClFNO/c17-14-3-4-16(15(18)8-14)20-10-11-1-2-12-5-6-19-9-13(12)7-11/h1-4,7-8,19H,5-6,9-10H2. The van der Waals surface area contributed by atoms with Crippen LogP contribution in [0.4, 0.5) is 4.39 Å². The van der Waals surface area contributed by atoms with E-state index in [-0.39, 0.29) is 5.75 Å². The van der Waals surface area contributed by atoms with Crippen LogP contribution < -0.4 is 10.1 Å². The molecule has 1 heterocycles. The molecule has 0 saturated carbocycles. The van der Waals surface area contributed by atoms with Gasteiger partial charge in [-0.15, -0.1) is 0 Å². The van der Waals surface area contributed by atoms with Gasteiger partial charge in [0.15, 0.2) is 11.6 Å². The fourth-order valence-corrected chi connectivity index (χ4v) is 2.54. The van der Waals surface area contributed by atoms with E-state index in [1.807, 2.05) is 6.07 Å². The molecule has 0 fully saturated rings. The van der Waals surface area contributed by atoms with Gasteiger partial charge in [-0.1, -0.05) is 29.8 Å². The van der Waals surface area contributed by atoms with Crippen molar-refractivity contribution in [3.05, 3.63) is 63.9 Å². The third-order valence-electron chi connectivity index (χ3n) is 3.45. The van der Waals surface area contributed by atoms with Crippen LogP contribution in [0.1, 0.15) is 16.7 Å². The van der Waals surface area contributed by atoms with Crippen molar-refractivity contribution in [2.75, 3.05) is 6.54 Å². The summed E-state index contributed by atoms with van der Waals surface area (Å²) < 4.78 is 19.1. The average molecular weight is 292 g/mol. The third-order valence-corrected chi connectivity index (χ3v) is 3.68. The Labute approximate surface area is 122 Å². The van der Waals surface area contributed by atoms with E-state index in [9.17, 15) is 4.39 Å². The van der Waals surface area contributed by atoms with Gasteiger partial charge in [0.2, 0.25) is 0 Å². The molecule has 0 radical (unpaired) electrons. The van der Waals surface area contributed by atoms with Gasteiger partial charge in [-0.3, -0.25) is 0 Å². The maximum atomic E-state index is 13.6. The maximum Gasteiger partial charge on any atom is 0.166 e. The maximum absolute atomic E-state index is 13.6. The minimum absolute atomic E-state index is 0.227. The van der Waals surface area contributed by atoms with Crippen LogP contribution >= 0.6 is 11.6 Å². The molecule has 20 heavy (non-hydrogen) atoms. The van der Waals surface area contributed by atoms with Gasteiger partial charge < -0.3 is 10.1 Å². The molecule has 104 valence electrons. The van der Waals surface area contributed by atoms with E-state index >= 15 is 0 Å². The SMILES string of the molecule is Fc1cc(Cl)ccc1OCc1ccc2c(c1)CNCC2. The lowest BCUT2D eigenvalue weighted by atomic mass is 9.99. The Kier molecular flexibility index (Phi) is 3.90. The summed E-state index contributed by atoms with van der Waals surface area (Å²) in [7, 11) is 0. The lowest BCUT2D eigenvalue weighted by molar-refractivity contribution is 0.290. The first kappa shape index (κ1) is 13.4. The summed E-state index contributed by atoms with van der Waals surface area (Å²) in [4.78, 5) is 0. The molecule has 4 heteroatoms. The number of hydrogen-bond donors (Lipinski definition) is 1. The van der Waals surface area contributed by atoms with Crippen molar-refractivity contribution in [1.82, 2.24) is 5.32 Å². The molecule has 0 amide bonds. The molecule has 2 aromatic carbocycles. The number of benzene rings is 2. The van der Waals surface area contributed by atoms with Crippen LogP contribution in [0.2, 0.25) is 5.02 Å². The number of halogens is 2. The van der Waals surface area contributed by atoms with Crippen molar-refractivity contribution in [1.29, 1.82) is 0 Å². The zero-order chi connectivity index (χ0) is 13.9. The summed E-state index contributed by atoms with van der Waals surface area (Å²) in [5.41, 5.74) is 3.72. The molecule has 0 bridgehead atoms. The van der Waals surface area contributed by atoms with Crippen molar-refractivity contribution in [2.45, 2.75) is 19.6 Å². The summed E-state index contributed by atoms with van der Waals surface area (Å²) in [6.07, 6.45) is 1.06. The van der Waals surface area contributed by atoms with Crippen molar-refractivity contribution in [3.63, 3.8) is 0 Å². The molecule has 0 atom stereocenters. The van der Waals surface area contributed by atoms with Gasteiger partial charge in [0.05, 0.1) is 0 Å². The average Bonchev–Trinajstić information content (AvgIpc) is 2.46. The van der Waals surface area contributed by atoms with Crippen LogP contribution in [0, 0.1) is 5.82 Å². The number of rotatable bonds is 3. The molecular weight excluding hydrogens is 277 g/mol. The van der Waals surface area contributed by atoms with Gasteiger partial charge in [-0.25, -0.2) is 4.39 Å². The Morgan fingerprint density at radius 1 is 1.15 bits per heavy atom. The number of hydrogen-bond acceptors (Lipinski definition) is 2. The fraction of sp³-hybridized carbons (Fsp3) is 0.250. The molecule has 1 aliphatic rings. The Balaban J connectivity index is 1.72. The predicted octanol–water partition coefficient (Wildman–Crippen LogP) is 3.70. The molecule has 0 spiro atoms. The predicted molar refractivity (Wildman–Crippen MR) is 77.6 cm³/mol. The van der Waals surface area contributed by atoms with Gasteiger partial charge in [0.25, 0.3) is 0 Å². The number of fused-ring (bicyclic) bond motifs is 1. The van der Waals surface area contributed by atoms with Gasteiger partial charge in [-0.2, -0.15) is 0 Å². The van der Waals surface area contributed by atoms with Crippen LogP contribution in [0.15, 0.2) is 36.4 Å². The topological polar surface area (TPSA) is 21.3 Å². The second kappa shape index (κ2) is 5.81. The summed E-state index contributed by atoms with van der Waals surface area (Å²) in [5, 5.41) is 3.71. The van der Waals surface area contributed by atoms with E-state index in [4.69, 9.17) is 16.3 Å². The molecule has 3 rings (SSSR count). The van der Waals surface area contributed by atoms with Crippen molar-refractivity contribution >= 4 is 11.6 Å². The highest BCUT2D eigenvalue weighted by atomic mass is 35.5. The Morgan fingerprint density at radius 3 is 2.90 bits per heavy atom. The number of ether oxygens (including phenoxy) is 1. The second-order valence-electron chi connectivity index (χ2n) is 4.89. The molecule has 1 aliphatic heterocycles. The van der Waals surface area contributed by atoms with E-state index < -0.39 is 5.82 Å². The number of nitrogens with one attached hydrogen (secondary N) is 1. The molecule has 0 saturated heterocycles. The lowest BCUT2D eigenvalue weighted by Crippen LogP contribution is -2.23. The highest BCUT2D eigenvalue weighted by Gasteiger charge is 2.10. The van der Waals surface area contributed by atoms with E-state index in [2.05, 4.69) is 17.4 Å². The summed E-state index contributed by atoms with van der Waals surface area (Å²) in [6.45, 7) is 2.27. The Morgan fingerprint density at radius 2 is 2.05 bits per heavy atom. The van der Waals surface area contributed by atoms with E-state index in [0.717, 1.165) is 25.1 Å². The van der Waals surface area contributed by atoms with Crippen molar-refractivity contribution in [2.24, 2.45) is 0 Å². The molecule has 1 N–H and O–H groups in total. The highest BCUT2D eigenvalue weighted by molar-refractivity contribution is 6.30. The van der Waals surface area contributed by atoms with Crippen LogP contribution in [-0.4, -0.2) is 6.54 Å². The zero-order valence-electron chi connectivity index (χ0n) is 11.0. The molecule has 0 aliphatic carbocycles. The second-order valence-corrected chi connectivity index (χ2v) is 5.33. The van der Waals surface area contributed by atoms with Crippen LogP contribution in [0.25, 0.3) is 0 Å². The van der Waals surface area contributed by atoms with Gasteiger partial charge in [0, 0.05) is 11.6 Å². The first-order chi connectivity index (χ1) is 9.72. The molecular formula is C16H15ClFNO. The zero-order valence-corrected chi connectivity index (χ0v) is 11.7. The minimum Gasteiger partial charge on any atom is -0.486 e. The smallest absolute Gasteiger partial charge is 0.166 e. The summed E-state index contributed by atoms with van der Waals surface area (Å²) in [5.74, 6) is -0.206. The Bertz CT molecular complexity index is 630. The first-order valence-electron chi connectivity index (χ1n) is 6.61. The molecule has 2 aromatic rings. The van der Waals surface area contributed by atoms with Crippen LogP contribution in [0.3, 0.4) is 0 Å². The molecule has 2 nitrogen and oxygen atoms in total. The van der Waals surface area contributed by atoms with Gasteiger partial charge in [-0.05, 0) is 47.9 Å². The van der Waals surface area contributed by atoms with Crippen molar-refractivity contribution < 1.29 is 9.13 Å². The van der Waals surface area contributed by atoms with Crippen LogP contribution in [-0.2, 0) is 19.6 Å². The normalized spacial score (nSPS) is 13.9. The van der Waals surface area contributed by atoms with Gasteiger partial charge >= 0.3 is 0 Å². The van der Waals surface area contributed by atoms with E-state index in [1.165, 1.54) is 17.2 Å². The fourth-order valence-electron chi connectivity index (χ4n) is 2.38. The Hall–Kier alpha value is -1.58. The molecule has 0 aromatic heterocycles. The minimum atomic E-state index is -0.433. The van der Waals surface area contributed by atoms with E-state index in [1.54, 1.807) is 12.1 Å². The summed E-state index contributed by atoms with van der Waals surface area (Å²) >= 11 is 5.71. The van der Waals surface area contributed by atoms with Crippen molar-refractivity contribution in [3.8, 4) is 5.75 Å². The molecule has 0 unspecified atom stereocenters. The van der Waals surface area contributed by atoms with E-state index in [0.29, 0.717) is 11.6 Å². The largest absolute Gasteiger partial charge is 0.486 e. The lowest BCUT2D eigenvalue weighted by Gasteiger charge is -2.18. The first-order valence-corrected chi connectivity index (χ1v) is 6.99. The summed E-state index contributed by atoms with van der Waals surface area (Å²) in [6, 6.07) is 10.7. The third kappa shape index (κ3) is 2.94. The quantitative estimate of drug-likeness (QED) is 0.931. The monoisotopic (exact) mass is 291 g/mol.